The molecular weight excluding hydrogens is 354 g/mol. The molecule has 2 aromatic rings. The second-order valence-electron chi connectivity index (χ2n) is 6.03. The van der Waals surface area contributed by atoms with Crippen LogP contribution in [0.5, 0.6) is 0 Å². The van der Waals surface area contributed by atoms with Crippen LogP contribution in [0.4, 0.5) is 0 Å². The van der Waals surface area contributed by atoms with Crippen molar-refractivity contribution in [1.29, 1.82) is 0 Å². The lowest BCUT2D eigenvalue weighted by molar-refractivity contribution is -0.130. The third kappa shape index (κ3) is 5.06. The van der Waals surface area contributed by atoms with Crippen LogP contribution in [0.15, 0.2) is 40.1 Å². The molecule has 1 unspecified atom stereocenters. The lowest BCUT2D eigenvalue weighted by Gasteiger charge is -2.32. The maximum atomic E-state index is 12.4. The number of likely N-dealkylation sites (tertiary alicyclic amines) is 1. The summed E-state index contributed by atoms with van der Waals surface area (Å²) in [5.41, 5.74) is 2.04. The summed E-state index contributed by atoms with van der Waals surface area (Å²) in [6.45, 7) is 2.89. The van der Waals surface area contributed by atoms with Gasteiger partial charge in [-0.05, 0) is 12.8 Å². The third-order valence-electron chi connectivity index (χ3n) is 4.05. The van der Waals surface area contributed by atoms with Crippen LogP contribution in [0.25, 0.3) is 11.3 Å². The third-order valence-corrected chi connectivity index (χ3v) is 6.06. The summed E-state index contributed by atoms with van der Waals surface area (Å²) >= 11 is 3.05. The highest BCUT2D eigenvalue weighted by molar-refractivity contribution is 8.01. The maximum absolute atomic E-state index is 12.4. The van der Waals surface area contributed by atoms with Gasteiger partial charge < -0.3 is 10.2 Å². The van der Waals surface area contributed by atoms with Gasteiger partial charge in [0.05, 0.1) is 11.4 Å². The first-order valence-electron chi connectivity index (χ1n) is 8.30. The Bertz CT molecular complexity index is 733. The smallest absolute Gasteiger partial charge is 0.233 e. The van der Waals surface area contributed by atoms with Gasteiger partial charge in [-0.3, -0.25) is 9.59 Å². The average molecular weight is 376 g/mol. The van der Waals surface area contributed by atoms with Gasteiger partial charge in [-0.15, -0.1) is 11.3 Å². The molecule has 1 N–H and O–H groups in total. The number of benzene rings is 1. The zero-order valence-corrected chi connectivity index (χ0v) is 15.7. The van der Waals surface area contributed by atoms with Crippen molar-refractivity contribution in [3.63, 3.8) is 0 Å². The number of thiazole rings is 1. The monoisotopic (exact) mass is 375 g/mol. The van der Waals surface area contributed by atoms with Gasteiger partial charge in [-0.2, -0.15) is 0 Å². The zero-order chi connectivity index (χ0) is 17.6. The van der Waals surface area contributed by atoms with Crippen molar-refractivity contribution in [2.24, 2.45) is 0 Å². The van der Waals surface area contributed by atoms with Crippen LogP contribution in [-0.2, 0) is 9.59 Å². The topological polar surface area (TPSA) is 62.3 Å². The lowest BCUT2D eigenvalue weighted by Crippen LogP contribution is -2.49. The number of rotatable bonds is 5. The van der Waals surface area contributed by atoms with Crippen molar-refractivity contribution < 1.29 is 9.59 Å². The molecule has 3 rings (SSSR count). The molecular formula is C18H21N3O2S2. The fourth-order valence-corrected chi connectivity index (χ4v) is 4.63. The van der Waals surface area contributed by atoms with Crippen LogP contribution < -0.4 is 5.32 Å². The van der Waals surface area contributed by atoms with Crippen molar-refractivity contribution >= 4 is 34.9 Å². The van der Waals surface area contributed by atoms with E-state index in [2.05, 4.69) is 10.3 Å². The molecule has 1 saturated heterocycles. The SMILES string of the molecule is CC(=O)NC1CCCN(C(=O)CSc2nc(-c3ccccc3)cs2)C1. The van der Waals surface area contributed by atoms with E-state index < -0.39 is 0 Å². The Balaban J connectivity index is 1.52. The molecule has 0 saturated carbocycles. The van der Waals surface area contributed by atoms with Crippen LogP contribution in [-0.4, -0.2) is 46.6 Å². The van der Waals surface area contributed by atoms with Gasteiger partial charge in [0.25, 0.3) is 0 Å². The predicted molar refractivity (Wildman–Crippen MR) is 102 cm³/mol. The number of amides is 2. The van der Waals surface area contributed by atoms with Gasteiger partial charge in [0.15, 0.2) is 4.34 Å². The van der Waals surface area contributed by atoms with Crippen molar-refractivity contribution in [2.45, 2.75) is 30.1 Å². The highest BCUT2D eigenvalue weighted by atomic mass is 32.2. The number of aromatic nitrogens is 1. The molecule has 1 aliphatic rings. The summed E-state index contributed by atoms with van der Waals surface area (Å²) < 4.78 is 0.905. The second-order valence-corrected chi connectivity index (χ2v) is 8.11. The van der Waals surface area contributed by atoms with Gasteiger partial charge in [-0.25, -0.2) is 4.98 Å². The summed E-state index contributed by atoms with van der Waals surface area (Å²) in [7, 11) is 0. The van der Waals surface area contributed by atoms with Gasteiger partial charge in [0.2, 0.25) is 11.8 Å². The summed E-state index contributed by atoms with van der Waals surface area (Å²) in [5, 5.41) is 4.94. The second kappa shape index (κ2) is 8.49. The Kier molecular flexibility index (Phi) is 6.09. The maximum Gasteiger partial charge on any atom is 0.233 e. The molecule has 1 atom stereocenters. The Morgan fingerprint density at radius 3 is 2.92 bits per heavy atom. The van der Waals surface area contributed by atoms with Crippen molar-refractivity contribution in [1.82, 2.24) is 15.2 Å². The van der Waals surface area contributed by atoms with E-state index in [0.29, 0.717) is 12.3 Å². The zero-order valence-electron chi connectivity index (χ0n) is 14.1. The molecule has 1 aromatic heterocycles. The minimum atomic E-state index is -0.0371. The molecule has 0 bridgehead atoms. The van der Waals surface area contributed by atoms with Crippen LogP contribution in [0, 0.1) is 0 Å². The van der Waals surface area contributed by atoms with Crippen LogP contribution in [0.2, 0.25) is 0 Å². The molecule has 0 radical (unpaired) electrons. The fourth-order valence-electron chi connectivity index (χ4n) is 2.89. The van der Waals surface area contributed by atoms with Gasteiger partial charge in [0, 0.05) is 37.0 Å². The molecule has 132 valence electrons. The Hall–Kier alpha value is -1.86. The van der Waals surface area contributed by atoms with E-state index in [4.69, 9.17) is 0 Å². The fraction of sp³-hybridized carbons (Fsp3) is 0.389. The molecule has 2 heterocycles. The molecule has 7 heteroatoms. The minimum Gasteiger partial charge on any atom is -0.352 e. The lowest BCUT2D eigenvalue weighted by atomic mass is 10.1. The summed E-state index contributed by atoms with van der Waals surface area (Å²) in [5.74, 6) is 0.454. The number of carbonyl (C=O) groups is 2. The minimum absolute atomic E-state index is 0.0371. The highest BCUT2D eigenvalue weighted by Crippen LogP contribution is 2.28. The molecule has 2 amide bonds. The number of hydrogen-bond donors (Lipinski definition) is 1. The molecule has 1 aromatic carbocycles. The summed E-state index contributed by atoms with van der Waals surface area (Å²) in [6.07, 6.45) is 1.86. The van der Waals surface area contributed by atoms with Crippen molar-refractivity contribution in [2.75, 3.05) is 18.8 Å². The summed E-state index contributed by atoms with van der Waals surface area (Å²) in [4.78, 5) is 30.1. The number of nitrogens with one attached hydrogen (secondary N) is 1. The number of carbonyl (C=O) groups excluding carboxylic acids is 2. The first-order chi connectivity index (χ1) is 12.1. The normalized spacial score (nSPS) is 17.3. The number of thioether (sulfide) groups is 1. The van der Waals surface area contributed by atoms with Crippen LogP contribution >= 0.6 is 23.1 Å². The van der Waals surface area contributed by atoms with Crippen molar-refractivity contribution in [3.05, 3.63) is 35.7 Å². The molecule has 0 spiro atoms. The van der Waals surface area contributed by atoms with Gasteiger partial charge in [0.1, 0.15) is 0 Å². The standard InChI is InChI=1S/C18H21N3O2S2/c1-13(22)19-15-8-5-9-21(10-15)17(23)12-25-18-20-16(11-24-18)14-6-3-2-4-7-14/h2-4,6-7,11,15H,5,8-10,12H2,1H3,(H,19,22). The molecule has 25 heavy (non-hydrogen) atoms. The van der Waals surface area contributed by atoms with E-state index in [1.807, 2.05) is 40.6 Å². The van der Waals surface area contributed by atoms with E-state index >= 15 is 0 Å². The van der Waals surface area contributed by atoms with E-state index in [9.17, 15) is 9.59 Å². The largest absolute Gasteiger partial charge is 0.352 e. The summed E-state index contributed by atoms with van der Waals surface area (Å²) in [6, 6.07) is 10.1. The number of piperidine rings is 1. The van der Waals surface area contributed by atoms with Gasteiger partial charge in [-0.1, -0.05) is 42.1 Å². The Morgan fingerprint density at radius 2 is 2.16 bits per heavy atom. The Labute approximate surface area is 155 Å². The van der Waals surface area contributed by atoms with Gasteiger partial charge >= 0.3 is 0 Å². The van der Waals surface area contributed by atoms with E-state index in [-0.39, 0.29) is 17.9 Å². The van der Waals surface area contributed by atoms with Crippen molar-refractivity contribution in [3.8, 4) is 11.3 Å². The Morgan fingerprint density at radius 1 is 1.36 bits per heavy atom. The van der Waals surface area contributed by atoms with Crippen LogP contribution in [0.1, 0.15) is 19.8 Å². The first kappa shape index (κ1) is 17.9. The number of nitrogens with zero attached hydrogens (tertiary/aromatic N) is 2. The predicted octanol–water partition coefficient (Wildman–Crippen LogP) is 3.03. The van der Waals surface area contributed by atoms with E-state index in [1.165, 1.54) is 18.7 Å². The van der Waals surface area contributed by atoms with E-state index in [1.54, 1.807) is 11.3 Å². The number of hydrogen-bond acceptors (Lipinski definition) is 5. The average Bonchev–Trinajstić information content (AvgIpc) is 3.09. The molecule has 1 fully saturated rings. The molecule has 5 nitrogen and oxygen atoms in total. The molecule has 0 aliphatic carbocycles. The van der Waals surface area contributed by atoms with Crippen LogP contribution in [0.3, 0.4) is 0 Å². The quantitative estimate of drug-likeness (QED) is 0.816. The highest BCUT2D eigenvalue weighted by Gasteiger charge is 2.24. The molecule has 1 aliphatic heterocycles. The first-order valence-corrected chi connectivity index (χ1v) is 10.2. The van der Waals surface area contributed by atoms with E-state index in [0.717, 1.165) is 35.0 Å².